The minimum absolute atomic E-state index is 0.467. The number of alkyl carbamates (subject to hydrolysis) is 2. The average molecular weight is 536 g/mol. The number of carbonyl (C=O) groups excluding carboxylic acids is 6. The highest BCUT2D eigenvalue weighted by Crippen LogP contribution is 2.29. The SMILES string of the molecule is COC(=O)N[C@H]1[C@@H](O[C@H](C)[C@H](NC(=O)OC)C(=O)OC)O[C@H](COC(C)=O)[C@H](OC(C)=O)[C@@H]1OC(C)=O. The Labute approximate surface area is 212 Å². The third-order valence-electron chi connectivity index (χ3n) is 4.90. The number of hydrogen-bond donors (Lipinski definition) is 2. The number of ether oxygens (including phenoxy) is 8. The first-order valence-electron chi connectivity index (χ1n) is 10.9. The topological polar surface area (TPSA) is 200 Å². The average Bonchev–Trinajstić information content (AvgIpc) is 2.83. The van der Waals surface area contributed by atoms with Gasteiger partial charge in [0.25, 0.3) is 0 Å². The van der Waals surface area contributed by atoms with E-state index in [9.17, 15) is 28.8 Å². The lowest BCUT2D eigenvalue weighted by Gasteiger charge is -2.45. The van der Waals surface area contributed by atoms with Crippen molar-refractivity contribution in [2.75, 3.05) is 27.9 Å². The quantitative estimate of drug-likeness (QED) is 0.259. The molecule has 1 saturated heterocycles. The highest BCUT2D eigenvalue weighted by atomic mass is 16.7. The molecule has 0 radical (unpaired) electrons. The lowest BCUT2D eigenvalue weighted by molar-refractivity contribution is -0.287. The highest BCUT2D eigenvalue weighted by molar-refractivity contribution is 5.81. The van der Waals surface area contributed by atoms with Gasteiger partial charge in [-0.15, -0.1) is 0 Å². The van der Waals surface area contributed by atoms with E-state index >= 15 is 0 Å². The zero-order valence-corrected chi connectivity index (χ0v) is 21.5. The molecule has 0 unspecified atom stereocenters. The summed E-state index contributed by atoms with van der Waals surface area (Å²) >= 11 is 0. The molecule has 210 valence electrons. The molecule has 0 aliphatic carbocycles. The summed E-state index contributed by atoms with van der Waals surface area (Å²) in [6.45, 7) is 4.19. The van der Waals surface area contributed by atoms with E-state index in [0.717, 1.165) is 42.1 Å². The number of nitrogens with one attached hydrogen (secondary N) is 2. The van der Waals surface area contributed by atoms with Crippen LogP contribution in [0.4, 0.5) is 9.59 Å². The molecule has 37 heavy (non-hydrogen) atoms. The van der Waals surface area contributed by atoms with Gasteiger partial charge in [-0.3, -0.25) is 14.4 Å². The smallest absolute Gasteiger partial charge is 0.407 e. The lowest BCUT2D eigenvalue weighted by atomic mass is 9.96. The molecule has 1 heterocycles. The summed E-state index contributed by atoms with van der Waals surface area (Å²) in [4.78, 5) is 71.4. The van der Waals surface area contributed by atoms with Crippen LogP contribution in [-0.4, -0.2) is 107 Å². The summed E-state index contributed by atoms with van der Waals surface area (Å²) in [5.74, 6) is -3.21. The van der Waals surface area contributed by atoms with Gasteiger partial charge in [-0.2, -0.15) is 0 Å². The fourth-order valence-corrected chi connectivity index (χ4v) is 3.34. The number of carbonyl (C=O) groups is 6. The molecule has 2 amide bonds. The number of rotatable bonds is 10. The van der Waals surface area contributed by atoms with Crippen molar-refractivity contribution in [1.29, 1.82) is 0 Å². The van der Waals surface area contributed by atoms with Gasteiger partial charge < -0.3 is 48.5 Å². The van der Waals surface area contributed by atoms with Crippen LogP contribution in [-0.2, 0) is 57.1 Å². The van der Waals surface area contributed by atoms with Gasteiger partial charge in [-0.05, 0) is 6.92 Å². The predicted molar refractivity (Wildman–Crippen MR) is 118 cm³/mol. The van der Waals surface area contributed by atoms with Crippen molar-refractivity contribution < 1.29 is 66.7 Å². The molecular formula is C21H32N2O14. The maximum Gasteiger partial charge on any atom is 0.407 e. The molecule has 1 aliphatic heterocycles. The normalized spacial score (nSPS) is 24.4. The summed E-state index contributed by atoms with van der Waals surface area (Å²) in [6, 6.07) is -2.79. The molecule has 16 heteroatoms. The van der Waals surface area contributed by atoms with E-state index < -0.39 is 85.5 Å². The van der Waals surface area contributed by atoms with Crippen molar-refractivity contribution in [3.63, 3.8) is 0 Å². The number of methoxy groups -OCH3 is 3. The Kier molecular flexibility index (Phi) is 12.5. The van der Waals surface area contributed by atoms with Crippen LogP contribution in [0.3, 0.4) is 0 Å². The minimum atomic E-state index is -1.53. The Bertz CT molecular complexity index is 849. The van der Waals surface area contributed by atoms with Crippen LogP contribution >= 0.6 is 0 Å². The highest BCUT2D eigenvalue weighted by Gasteiger charge is 2.52. The lowest BCUT2D eigenvalue weighted by Crippen LogP contribution is -2.67. The second-order valence-electron chi connectivity index (χ2n) is 7.63. The van der Waals surface area contributed by atoms with Crippen molar-refractivity contribution in [1.82, 2.24) is 10.6 Å². The molecule has 0 bridgehead atoms. The first kappa shape index (κ1) is 31.4. The van der Waals surface area contributed by atoms with Crippen LogP contribution in [0.25, 0.3) is 0 Å². The molecule has 7 atom stereocenters. The monoisotopic (exact) mass is 536 g/mol. The number of esters is 4. The van der Waals surface area contributed by atoms with Crippen LogP contribution in [0.5, 0.6) is 0 Å². The van der Waals surface area contributed by atoms with Gasteiger partial charge in [0.2, 0.25) is 0 Å². The fourth-order valence-electron chi connectivity index (χ4n) is 3.34. The fraction of sp³-hybridized carbons (Fsp3) is 0.714. The summed E-state index contributed by atoms with van der Waals surface area (Å²) in [6.07, 6.45) is -8.76. The Morgan fingerprint density at radius 2 is 1.38 bits per heavy atom. The molecule has 0 spiro atoms. The maximum atomic E-state index is 12.3. The van der Waals surface area contributed by atoms with E-state index in [1.807, 2.05) is 0 Å². The van der Waals surface area contributed by atoms with E-state index in [2.05, 4.69) is 20.1 Å². The van der Waals surface area contributed by atoms with E-state index in [1.165, 1.54) is 6.92 Å². The van der Waals surface area contributed by atoms with Crippen molar-refractivity contribution in [2.45, 2.75) is 70.5 Å². The summed E-state index contributed by atoms with van der Waals surface area (Å²) in [5, 5.41) is 4.64. The van der Waals surface area contributed by atoms with Crippen LogP contribution in [0.15, 0.2) is 0 Å². The number of hydrogen-bond acceptors (Lipinski definition) is 14. The molecular weight excluding hydrogens is 504 g/mol. The molecule has 0 saturated carbocycles. The van der Waals surface area contributed by atoms with Gasteiger partial charge in [0.15, 0.2) is 24.5 Å². The largest absolute Gasteiger partial charge is 0.467 e. The summed E-state index contributed by atoms with van der Waals surface area (Å²) < 4.78 is 41.2. The van der Waals surface area contributed by atoms with Crippen molar-refractivity contribution >= 4 is 36.1 Å². The summed E-state index contributed by atoms with van der Waals surface area (Å²) in [7, 11) is 3.22. The summed E-state index contributed by atoms with van der Waals surface area (Å²) in [5.41, 5.74) is 0. The van der Waals surface area contributed by atoms with E-state index in [-0.39, 0.29) is 0 Å². The van der Waals surface area contributed by atoms with Crippen LogP contribution in [0.2, 0.25) is 0 Å². The van der Waals surface area contributed by atoms with Gasteiger partial charge >= 0.3 is 36.1 Å². The zero-order valence-electron chi connectivity index (χ0n) is 21.5. The molecule has 1 aliphatic rings. The van der Waals surface area contributed by atoms with Crippen molar-refractivity contribution in [3.05, 3.63) is 0 Å². The van der Waals surface area contributed by atoms with E-state index in [4.69, 9.17) is 28.4 Å². The number of amides is 2. The molecule has 1 fully saturated rings. The van der Waals surface area contributed by atoms with E-state index in [1.54, 1.807) is 0 Å². The molecule has 16 nitrogen and oxygen atoms in total. The Morgan fingerprint density at radius 1 is 0.811 bits per heavy atom. The first-order chi connectivity index (χ1) is 17.3. The molecule has 1 rings (SSSR count). The zero-order chi connectivity index (χ0) is 28.3. The Hall–Kier alpha value is -3.66. The van der Waals surface area contributed by atoms with Gasteiger partial charge in [0, 0.05) is 20.8 Å². The molecule has 0 aromatic carbocycles. The van der Waals surface area contributed by atoms with Crippen LogP contribution in [0.1, 0.15) is 27.7 Å². The third-order valence-corrected chi connectivity index (χ3v) is 4.90. The standard InChI is InChI=1S/C21H32N2O14/c1-9(14(18(27)30-5)22-20(28)31-6)34-19-15(23-21(29)32-7)17(36-12(4)26)16(35-11(3)25)13(37-19)8-33-10(2)24/h9,13-17,19H,8H2,1-7H3,(H,22,28)(H,23,29)/t9-,13-,14+,15-,16+,17-,19+/m1/s1. The van der Waals surface area contributed by atoms with Gasteiger partial charge in [0.1, 0.15) is 18.8 Å². The molecule has 2 N–H and O–H groups in total. The molecule has 0 aromatic rings. The first-order valence-corrected chi connectivity index (χ1v) is 10.9. The van der Waals surface area contributed by atoms with Crippen LogP contribution < -0.4 is 10.6 Å². The predicted octanol–water partition coefficient (Wildman–Crippen LogP) is -0.835. The van der Waals surface area contributed by atoms with Gasteiger partial charge in [0.05, 0.1) is 27.4 Å². The second kappa shape index (κ2) is 14.8. The van der Waals surface area contributed by atoms with E-state index in [0.29, 0.717) is 0 Å². The second-order valence-corrected chi connectivity index (χ2v) is 7.63. The third kappa shape index (κ3) is 9.72. The maximum absolute atomic E-state index is 12.3. The van der Waals surface area contributed by atoms with Crippen molar-refractivity contribution in [3.8, 4) is 0 Å². The molecule has 0 aromatic heterocycles. The Balaban J connectivity index is 3.47. The van der Waals surface area contributed by atoms with Crippen molar-refractivity contribution in [2.24, 2.45) is 0 Å². The Morgan fingerprint density at radius 3 is 1.86 bits per heavy atom. The minimum Gasteiger partial charge on any atom is -0.467 e. The van der Waals surface area contributed by atoms with Gasteiger partial charge in [-0.1, -0.05) is 0 Å². The van der Waals surface area contributed by atoms with Crippen LogP contribution in [0, 0.1) is 0 Å². The van der Waals surface area contributed by atoms with Gasteiger partial charge in [-0.25, -0.2) is 14.4 Å².